The van der Waals surface area contributed by atoms with Gasteiger partial charge in [-0.1, -0.05) is 48.3 Å². The van der Waals surface area contributed by atoms with Crippen LogP contribution < -0.4 is 4.90 Å². The number of fused-ring (bicyclic) bond motifs is 1. The molecule has 0 bridgehead atoms. The van der Waals surface area contributed by atoms with Gasteiger partial charge in [-0.2, -0.15) is 0 Å². The Kier molecular flexibility index (Phi) is 5.01. The number of thioether (sulfide) groups is 1. The zero-order valence-electron chi connectivity index (χ0n) is 13.3. The Morgan fingerprint density at radius 3 is 2.60 bits per heavy atom. The second-order valence-corrected chi connectivity index (χ2v) is 8.77. The Morgan fingerprint density at radius 1 is 1.24 bits per heavy atom. The van der Waals surface area contributed by atoms with E-state index in [9.17, 15) is 17.8 Å². The van der Waals surface area contributed by atoms with E-state index in [0.29, 0.717) is 21.5 Å². The summed E-state index contributed by atoms with van der Waals surface area (Å²) < 4.78 is 33.2. The van der Waals surface area contributed by atoms with Gasteiger partial charge in [-0.3, -0.25) is 9.69 Å². The quantitative estimate of drug-likeness (QED) is 0.439. The summed E-state index contributed by atoms with van der Waals surface area (Å²) in [4.78, 5) is 16.3. The van der Waals surface area contributed by atoms with Crippen molar-refractivity contribution < 1.29 is 17.8 Å². The minimum Gasteiger partial charge on any atom is -0.748 e. The fraction of sp³-hybridized carbons (Fsp3) is 0.250. The van der Waals surface area contributed by atoms with Gasteiger partial charge in [-0.25, -0.2) is 8.42 Å². The minimum absolute atomic E-state index is 0.171. The van der Waals surface area contributed by atoms with Gasteiger partial charge in [0.2, 0.25) is 0 Å². The molecule has 2 aliphatic rings. The van der Waals surface area contributed by atoms with E-state index in [1.807, 2.05) is 41.3 Å². The maximum Gasteiger partial charge on any atom is 0.268 e. The van der Waals surface area contributed by atoms with E-state index < -0.39 is 15.9 Å². The van der Waals surface area contributed by atoms with Crippen LogP contribution in [0.2, 0.25) is 0 Å². The number of carbonyl (C=O) groups excluding carboxylic acids is 1. The molecule has 2 aliphatic heterocycles. The van der Waals surface area contributed by atoms with Crippen molar-refractivity contribution in [2.24, 2.45) is 0 Å². The molecular weight excluding hydrogens is 380 g/mol. The van der Waals surface area contributed by atoms with Crippen LogP contribution in [0, 0.1) is 0 Å². The molecule has 132 valence electrons. The van der Waals surface area contributed by atoms with Crippen LogP contribution in [0.25, 0.3) is 6.08 Å². The highest BCUT2D eigenvalue weighted by Gasteiger charge is 2.34. The summed E-state index contributed by atoms with van der Waals surface area (Å²) in [5.41, 5.74) is 2.50. The molecule has 1 aromatic carbocycles. The van der Waals surface area contributed by atoms with E-state index in [-0.39, 0.29) is 12.3 Å². The molecule has 0 aromatic heterocycles. The summed E-state index contributed by atoms with van der Waals surface area (Å²) in [6.07, 6.45) is 3.91. The van der Waals surface area contributed by atoms with Crippen molar-refractivity contribution >= 4 is 56.1 Å². The maximum atomic E-state index is 12.5. The number of carbonyl (C=O) groups is 1. The number of anilines is 1. The molecule has 9 heteroatoms. The van der Waals surface area contributed by atoms with Crippen LogP contribution in [0.5, 0.6) is 0 Å². The van der Waals surface area contributed by atoms with Crippen LogP contribution in [-0.2, 0) is 14.9 Å². The van der Waals surface area contributed by atoms with E-state index in [0.717, 1.165) is 11.3 Å². The summed E-state index contributed by atoms with van der Waals surface area (Å²) in [5, 5.41) is 0. The van der Waals surface area contributed by atoms with Gasteiger partial charge in [-0.05, 0) is 24.1 Å². The number of hydrogen-bond acceptors (Lipinski definition) is 7. The smallest absolute Gasteiger partial charge is 0.268 e. The molecule has 1 aromatic rings. The van der Waals surface area contributed by atoms with Gasteiger partial charge in [0.25, 0.3) is 5.91 Å². The first-order chi connectivity index (χ1) is 11.8. The topological polar surface area (TPSA) is 80.8 Å². The number of thiocarbonyl (C=S) groups is 1. The number of benzene rings is 1. The standard InChI is InChI=1S/C16H16N2O4S3/c1-17-15(19)14(24-16(17)23)13-8-7-11-5-2-3-6-12(11)18(13)9-4-10-25(20,21)22/h2-3,5-8H,4,9-10H2,1H3,(H,20,21,22)/p-1. The molecule has 3 rings (SSSR count). The van der Waals surface area contributed by atoms with E-state index in [1.165, 1.54) is 16.7 Å². The number of amides is 1. The SMILES string of the molecule is CN1C(=O)C(=C2C=Cc3ccccc3N2CCCS(=O)(=O)[O-])SC1=S. The Bertz CT molecular complexity index is 906. The van der Waals surface area contributed by atoms with Crippen molar-refractivity contribution in [1.29, 1.82) is 0 Å². The van der Waals surface area contributed by atoms with Crippen molar-refractivity contribution in [3.8, 4) is 0 Å². The predicted octanol–water partition coefficient (Wildman–Crippen LogP) is 2.16. The average molecular weight is 396 g/mol. The molecular formula is C16H15N2O4S3-. The van der Waals surface area contributed by atoms with E-state index in [1.54, 1.807) is 7.05 Å². The van der Waals surface area contributed by atoms with Crippen LogP contribution in [0.15, 0.2) is 40.9 Å². The monoisotopic (exact) mass is 395 g/mol. The molecule has 0 spiro atoms. The van der Waals surface area contributed by atoms with Crippen LogP contribution >= 0.6 is 24.0 Å². The average Bonchev–Trinajstić information content (AvgIpc) is 2.81. The maximum absolute atomic E-state index is 12.5. The normalized spacial score (nSPS) is 20.4. The largest absolute Gasteiger partial charge is 0.748 e. The fourth-order valence-corrected chi connectivity index (χ4v) is 4.41. The zero-order valence-corrected chi connectivity index (χ0v) is 15.8. The zero-order chi connectivity index (χ0) is 18.2. The second kappa shape index (κ2) is 6.91. The molecule has 1 saturated heterocycles. The van der Waals surface area contributed by atoms with Gasteiger partial charge < -0.3 is 9.45 Å². The third kappa shape index (κ3) is 3.79. The van der Waals surface area contributed by atoms with E-state index >= 15 is 0 Å². The van der Waals surface area contributed by atoms with Crippen LogP contribution in [0.1, 0.15) is 12.0 Å². The van der Waals surface area contributed by atoms with Crippen LogP contribution in [-0.4, -0.2) is 47.4 Å². The summed E-state index contributed by atoms with van der Waals surface area (Å²) >= 11 is 6.41. The fourth-order valence-electron chi connectivity index (χ4n) is 2.70. The third-order valence-corrected chi connectivity index (χ3v) is 6.26. The Hall–Kier alpha value is -1.68. The lowest BCUT2D eigenvalue weighted by molar-refractivity contribution is -0.121. The van der Waals surface area contributed by atoms with Crippen molar-refractivity contribution in [2.75, 3.05) is 24.2 Å². The molecule has 25 heavy (non-hydrogen) atoms. The van der Waals surface area contributed by atoms with Gasteiger partial charge >= 0.3 is 0 Å². The number of hydrogen-bond donors (Lipinski definition) is 0. The lowest BCUT2D eigenvalue weighted by Gasteiger charge is -2.31. The molecule has 0 aliphatic carbocycles. The van der Waals surface area contributed by atoms with Crippen LogP contribution in [0.3, 0.4) is 0 Å². The number of rotatable bonds is 4. The summed E-state index contributed by atoms with van der Waals surface area (Å²) in [6, 6.07) is 7.61. The highest BCUT2D eigenvalue weighted by molar-refractivity contribution is 8.26. The first-order valence-electron chi connectivity index (χ1n) is 7.50. The van der Waals surface area contributed by atoms with E-state index in [4.69, 9.17) is 12.2 Å². The highest BCUT2D eigenvalue weighted by Crippen LogP contribution is 2.39. The highest BCUT2D eigenvalue weighted by atomic mass is 32.2. The van der Waals surface area contributed by atoms with E-state index in [2.05, 4.69) is 0 Å². The summed E-state index contributed by atoms with van der Waals surface area (Å²) in [5.74, 6) is -0.632. The molecule has 2 heterocycles. The molecule has 1 amide bonds. The second-order valence-electron chi connectivity index (χ2n) is 5.61. The lowest BCUT2D eigenvalue weighted by Crippen LogP contribution is -2.30. The number of allylic oxidation sites excluding steroid dienone is 1. The Labute approximate surface area is 155 Å². The van der Waals surface area contributed by atoms with Gasteiger partial charge in [0.05, 0.1) is 15.8 Å². The molecule has 0 unspecified atom stereocenters. The van der Waals surface area contributed by atoms with Crippen molar-refractivity contribution in [3.05, 3.63) is 46.5 Å². The first-order valence-corrected chi connectivity index (χ1v) is 10.3. The molecule has 0 atom stereocenters. The Morgan fingerprint density at radius 2 is 1.96 bits per heavy atom. The summed E-state index contributed by atoms with van der Waals surface area (Å²) in [7, 11) is -2.65. The molecule has 0 radical (unpaired) electrons. The van der Waals surface area contributed by atoms with Crippen LogP contribution in [0.4, 0.5) is 5.69 Å². The van der Waals surface area contributed by atoms with Gasteiger partial charge in [0.15, 0.2) is 0 Å². The number of nitrogens with zero attached hydrogens (tertiary/aromatic N) is 2. The number of likely N-dealkylation sites (N-methyl/N-ethyl adjacent to an activating group) is 1. The number of para-hydroxylation sites is 1. The van der Waals surface area contributed by atoms with Gasteiger partial charge in [0.1, 0.15) is 9.23 Å². The first kappa shape index (κ1) is 18.1. The Balaban J connectivity index is 1.99. The molecule has 0 saturated carbocycles. The van der Waals surface area contributed by atoms with Gasteiger partial charge in [0, 0.05) is 25.0 Å². The third-order valence-electron chi connectivity index (χ3n) is 3.91. The minimum atomic E-state index is -4.28. The van der Waals surface area contributed by atoms with Crippen molar-refractivity contribution in [3.63, 3.8) is 0 Å². The predicted molar refractivity (Wildman–Crippen MR) is 102 cm³/mol. The van der Waals surface area contributed by atoms with Crippen molar-refractivity contribution in [1.82, 2.24) is 4.90 Å². The molecule has 6 nitrogen and oxygen atoms in total. The van der Waals surface area contributed by atoms with Crippen molar-refractivity contribution in [2.45, 2.75) is 6.42 Å². The lowest BCUT2D eigenvalue weighted by atomic mass is 10.1. The van der Waals surface area contributed by atoms with Gasteiger partial charge in [-0.15, -0.1) is 0 Å². The molecule has 1 fully saturated rings. The summed E-state index contributed by atoms with van der Waals surface area (Å²) in [6.45, 7) is 0.311. The molecule has 0 N–H and O–H groups in total.